The van der Waals surface area contributed by atoms with Gasteiger partial charge in [-0.3, -0.25) is 4.68 Å². The molecular formula is C11H19N3O. The maximum atomic E-state index is 9.30. The van der Waals surface area contributed by atoms with Crippen LogP contribution < -0.4 is 5.32 Å². The molecule has 2 rings (SSSR count). The van der Waals surface area contributed by atoms with Crippen molar-refractivity contribution in [2.75, 3.05) is 6.61 Å². The Morgan fingerprint density at radius 1 is 1.67 bits per heavy atom. The summed E-state index contributed by atoms with van der Waals surface area (Å²) in [6, 6.07) is 0.666. The summed E-state index contributed by atoms with van der Waals surface area (Å²) in [5.41, 5.74) is 1.10. The third-order valence-corrected chi connectivity index (χ3v) is 2.71. The van der Waals surface area contributed by atoms with E-state index in [1.54, 1.807) is 0 Å². The molecule has 0 amide bonds. The minimum atomic E-state index is 0.0584. The lowest BCUT2D eigenvalue weighted by Gasteiger charge is -2.13. The number of aliphatic hydroxyl groups excluding tert-OH is 1. The minimum Gasteiger partial charge on any atom is -0.394 e. The number of nitrogens with one attached hydrogen (secondary N) is 1. The van der Waals surface area contributed by atoms with Gasteiger partial charge in [0.15, 0.2) is 0 Å². The highest BCUT2D eigenvalue weighted by Gasteiger charge is 2.25. The predicted octanol–water partition coefficient (Wildman–Crippen LogP) is 1.08. The molecule has 1 heterocycles. The monoisotopic (exact) mass is 209 g/mol. The van der Waals surface area contributed by atoms with E-state index in [-0.39, 0.29) is 12.6 Å². The highest BCUT2D eigenvalue weighted by Crippen LogP contribution is 2.23. The fourth-order valence-corrected chi connectivity index (χ4v) is 1.70. The number of hydrogen-bond donors (Lipinski definition) is 2. The molecule has 1 aliphatic carbocycles. The van der Waals surface area contributed by atoms with Crippen molar-refractivity contribution in [3.8, 4) is 0 Å². The molecular weight excluding hydrogens is 190 g/mol. The lowest BCUT2D eigenvalue weighted by Crippen LogP contribution is -2.25. The number of aromatic nitrogens is 2. The zero-order valence-corrected chi connectivity index (χ0v) is 9.19. The molecule has 1 aromatic heterocycles. The average Bonchev–Trinajstić information content (AvgIpc) is 2.95. The molecule has 4 heteroatoms. The first-order valence-electron chi connectivity index (χ1n) is 5.72. The SMILES string of the molecule is CCCn1cc(C(CO)NC2CC2)cn1. The summed E-state index contributed by atoms with van der Waals surface area (Å²) in [6.45, 7) is 3.23. The van der Waals surface area contributed by atoms with Crippen LogP contribution in [0.1, 0.15) is 37.8 Å². The largest absolute Gasteiger partial charge is 0.394 e. The van der Waals surface area contributed by atoms with Gasteiger partial charge in [0.2, 0.25) is 0 Å². The zero-order chi connectivity index (χ0) is 10.7. The van der Waals surface area contributed by atoms with Crippen LogP contribution in [0.4, 0.5) is 0 Å². The van der Waals surface area contributed by atoms with Crippen molar-refractivity contribution in [2.45, 2.75) is 44.8 Å². The van der Waals surface area contributed by atoms with Gasteiger partial charge in [-0.25, -0.2) is 0 Å². The number of rotatable bonds is 6. The molecule has 0 saturated heterocycles. The molecule has 1 unspecified atom stereocenters. The van der Waals surface area contributed by atoms with Crippen LogP contribution in [-0.2, 0) is 6.54 Å². The van der Waals surface area contributed by atoms with Crippen molar-refractivity contribution in [1.82, 2.24) is 15.1 Å². The highest BCUT2D eigenvalue weighted by atomic mass is 16.3. The number of aryl methyl sites for hydroxylation is 1. The maximum absolute atomic E-state index is 9.30. The van der Waals surface area contributed by atoms with Crippen LogP contribution in [0.5, 0.6) is 0 Å². The Morgan fingerprint density at radius 3 is 3.07 bits per heavy atom. The Hall–Kier alpha value is -0.870. The quantitative estimate of drug-likeness (QED) is 0.737. The van der Waals surface area contributed by atoms with E-state index < -0.39 is 0 Å². The Balaban J connectivity index is 1.97. The van der Waals surface area contributed by atoms with Gasteiger partial charge in [-0.1, -0.05) is 6.92 Å². The van der Waals surface area contributed by atoms with Crippen LogP contribution in [0.25, 0.3) is 0 Å². The summed E-state index contributed by atoms with van der Waals surface area (Å²) in [7, 11) is 0. The second-order valence-corrected chi connectivity index (χ2v) is 4.21. The fourth-order valence-electron chi connectivity index (χ4n) is 1.70. The van der Waals surface area contributed by atoms with Gasteiger partial charge < -0.3 is 10.4 Å². The Labute approximate surface area is 90.3 Å². The molecule has 84 valence electrons. The lowest BCUT2D eigenvalue weighted by molar-refractivity contribution is 0.243. The van der Waals surface area contributed by atoms with Gasteiger partial charge in [0, 0.05) is 24.3 Å². The van der Waals surface area contributed by atoms with E-state index in [0.717, 1.165) is 18.5 Å². The van der Waals surface area contributed by atoms with Gasteiger partial charge in [-0.05, 0) is 19.3 Å². The van der Waals surface area contributed by atoms with Crippen LogP contribution in [0.2, 0.25) is 0 Å². The second-order valence-electron chi connectivity index (χ2n) is 4.21. The normalized spacial score (nSPS) is 18.0. The molecule has 1 aromatic rings. The van der Waals surface area contributed by atoms with E-state index in [4.69, 9.17) is 0 Å². The molecule has 0 aromatic carbocycles. The minimum absolute atomic E-state index is 0.0584. The third kappa shape index (κ3) is 2.79. The van der Waals surface area contributed by atoms with Crippen LogP contribution in [0.3, 0.4) is 0 Å². The van der Waals surface area contributed by atoms with Crippen molar-refractivity contribution in [2.24, 2.45) is 0 Å². The van der Waals surface area contributed by atoms with E-state index in [1.165, 1.54) is 12.8 Å². The van der Waals surface area contributed by atoms with Crippen LogP contribution in [0.15, 0.2) is 12.4 Å². The summed E-state index contributed by atoms with van der Waals surface area (Å²) >= 11 is 0. The molecule has 1 atom stereocenters. The van der Waals surface area contributed by atoms with E-state index in [0.29, 0.717) is 6.04 Å². The van der Waals surface area contributed by atoms with E-state index in [9.17, 15) is 5.11 Å². The molecule has 2 N–H and O–H groups in total. The maximum Gasteiger partial charge on any atom is 0.0627 e. The summed E-state index contributed by atoms with van der Waals surface area (Å²) in [5.74, 6) is 0. The summed E-state index contributed by atoms with van der Waals surface area (Å²) < 4.78 is 1.94. The van der Waals surface area contributed by atoms with Gasteiger partial charge in [0.05, 0.1) is 18.8 Å². The smallest absolute Gasteiger partial charge is 0.0627 e. The van der Waals surface area contributed by atoms with Crippen molar-refractivity contribution < 1.29 is 5.11 Å². The van der Waals surface area contributed by atoms with E-state index in [1.807, 2.05) is 17.1 Å². The Bertz CT molecular complexity index is 307. The molecule has 15 heavy (non-hydrogen) atoms. The van der Waals surface area contributed by atoms with E-state index in [2.05, 4.69) is 17.3 Å². The molecule has 1 fully saturated rings. The van der Waals surface area contributed by atoms with Crippen molar-refractivity contribution in [1.29, 1.82) is 0 Å². The first kappa shape index (κ1) is 10.6. The van der Waals surface area contributed by atoms with Gasteiger partial charge in [-0.2, -0.15) is 5.10 Å². The average molecular weight is 209 g/mol. The molecule has 0 bridgehead atoms. The van der Waals surface area contributed by atoms with Crippen LogP contribution >= 0.6 is 0 Å². The predicted molar refractivity (Wildman–Crippen MR) is 58.5 cm³/mol. The number of nitrogens with zero attached hydrogens (tertiary/aromatic N) is 2. The first-order chi connectivity index (χ1) is 7.33. The third-order valence-electron chi connectivity index (χ3n) is 2.71. The van der Waals surface area contributed by atoms with Crippen LogP contribution in [-0.4, -0.2) is 27.5 Å². The number of hydrogen-bond acceptors (Lipinski definition) is 3. The topological polar surface area (TPSA) is 50.1 Å². The zero-order valence-electron chi connectivity index (χ0n) is 9.19. The summed E-state index contributed by atoms with van der Waals surface area (Å²) in [4.78, 5) is 0. The fraction of sp³-hybridized carbons (Fsp3) is 0.727. The van der Waals surface area contributed by atoms with E-state index >= 15 is 0 Å². The van der Waals surface area contributed by atoms with Gasteiger partial charge in [-0.15, -0.1) is 0 Å². The molecule has 4 nitrogen and oxygen atoms in total. The molecule has 0 spiro atoms. The molecule has 0 aliphatic heterocycles. The molecule has 1 aliphatic rings. The number of aliphatic hydroxyl groups is 1. The molecule has 0 radical (unpaired) electrons. The standard InChI is InChI=1S/C11H19N3O/c1-2-5-14-7-9(6-12-14)11(8-15)13-10-3-4-10/h6-7,10-11,13,15H,2-5,8H2,1H3. The van der Waals surface area contributed by atoms with Gasteiger partial charge in [0.25, 0.3) is 0 Å². The highest BCUT2D eigenvalue weighted by molar-refractivity contribution is 5.11. The Morgan fingerprint density at radius 2 is 2.47 bits per heavy atom. The summed E-state index contributed by atoms with van der Waals surface area (Å²) in [5, 5.41) is 17.0. The lowest BCUT2D eigenvalue weighted by atomic mass is 10.2. The second kappa shape index (κ2) is 4.77. The van der Waals surface area contributed by atoms with Gasteiger partial charge in [0.1, 0.15) is 0 Å². The van der Waals surface area contributed by atoms with Crippen molar-refractivity contribution in [3.05, 3.63) is 18.0 Å². The van der Waals surface area contributed by atoms with Crippen LogP contribution in [0, 0.1) is 0 Å². The van der Waals surface area contributed by atoms with Gasteiger partial charge >= 0.3 is 0 Å². The first-order valence-corrected chi connectivity index (χ1v) is 5.72. The van der Waals surface area contributed by atoms with Crippen molar-refractivity contribution in [3.63, 3.8) is 0 Å². The Kier molecular flexibility index (Phi) is 3.38. The van der Waals surface area contributed by atoms with Crippen molar-refractivity contribution >= 4 is 0 Å². The molecule has 1 saturated carbocycles. The summed E-state index contributed by atoms with van der Waals surface area (Å²) in [6.07, 6.45) is 7.44.